The van der Waals surface area contributed by atoms with E-state index in [1.807, 2.05) is 36.4 Å². The summed E-state index contributed by atoms with van der Waals surface area (Å²) in [7, 11) is 1.62. The minimum atomic E-state index is -0.368. The Labute approximate surface area is 115 Å². The van der Waals surface area contributed by atoms with Gasteiger partial charge in [-0.1, -0.05) is 12.1 Å². The molecule has 4 heteroatoms. The van der Waals surface area contributed by atoms with Gasteiger partial charge in [0.05, 0.1) is 12.7 Å². The van der Waals surface area contributed by atoms with Crippen LogP contribution in [0.1, 0.15) is 5.76 Å². The number of furan rings is 1. The van der Waals surface area contributed by atoms with Crippen molar-refractivity contribution in [3.05, 3.63) is 60.1 Å². The third-order valence-corrected chi connectivity index (χ3v) is 2.89. The standard InChI is InChI=1S/C16H12O4/c1-18-14-5-3-2-4-13(14)15-8-6-11(19-15)10-12-7-9-16(17)20-12/h2-10H,1H3/b12-10+. The van der Waals surface area contributed by atoms with Crippen LogP contribution in [-0.2, 0) is 9.53 Å². The van der Waals surface area contributed by atoms with Crippen LogP contribution in [0.3, 0.4) is 0 Å². The van der Waals surface area contributed by atoms with E-state index < -0.39 is 0 Å². The molecule has 1 aliphatic rings. The van der Waals surface area contributed by atoms with Crippen molar-refractivity contribution in [1.29, 1.82) is 0 Å². The highest BCUT2D eigenvalue weighted by atomic mass is 16.5. The predicted octanol–water partition coefficient (Wildman–Crippen LogP) is 3.41. The number of allylic oxidation sites excluding steroid dienone is 1. The lowest BCUT2D eigenvalue weighted by Crippen LogP contribution is -1.89. The first-order valence-corrected chi connectivity index (χ1v) is 6.11. The Kier molecular flexibility index (Phi) is 3.13. The highest BCUT2D eigenvalue weighted by molar-refractivity contribution is 5.87. The Morgan fingerprint density at radius 3 is 2.70 bits per heavy atom. The van der Waals surface area contributed by atoms with Crippen LogP contribution in [0, 0.1) is 0 Å². The van der Waals surface area contributed by atoms with E-state index in [4.69, 9.17) is 13.9 Å². The zero-order valence-electron chi connectivity index (χ0n) is 10.8. The maximum atomic E-state index is 11.0. The second kappa shape index (κ2) is 5.09. The van der Waals surface area contributed by atoms with Crippen molar-refractivity contribution in [3.8, 4) is 17.1 Å². The molecule has 0 aliphatic carbocycles. The minimum absolute atomic E-state index is 0.368. The molecule has 0 fully saturated rings. The Bertz CT molecular complexity index is 707. The quantitative estimate of drug-likeness (QED) is 0.800. The van der Waals surface area contributed by atoms with E-state index in [9.17, 15) is 4.79 Å². The van der Waals surface area contributed by atoms with E-state index in [1.165, 1.54) is 6.08 Å². The summed E-state index contributed by atoms with van der Waals surface area (Å²) in [4.78, 5) is 11.0. The van der Waals surface area contributed by atoms with E-state index in [0.29, 0.717) is 17.3 Å². The van der Waals surface area contributed by atoms with Crippen molar-refractivity contribution in [2.24, 2.45) is 0 Å². The average Bonchev–Trinajstić information content (AvgIpc) is 3.08. The van der Waals surface area contributed by atoms with E-state index in [1.54, 1.807) is 19.3 Å². The van der Waals surface area contributed by atoms with Gasteiger partial charge >= 0.3 is 5.97 Å². The van der Waals surface area contributed by atoms with Gasteiger partial charge in [0.1, 0.15) is 23.0 Å². The summed E-state index contributed by atoms with van der Waals surface area (Å²) in [5.41, 5.74) is 0.874. The highest BCUT2D eigenvalue weighted by Crippen LogP contribution is 2.31. The zero-order chi connectivity index (χ0) is 13.9. The molecule has 20 heavy (non-hydrogen) atoms. The van der Waals surface area contributed by atoms with Gasteiger partial charge in [0.2, 0.25) is 0 Å². The molecule has 1 aromatic carbocycles. The van der Waals surface area contributed by atoms with Crippen LogP contribution >= 0.6 is 0 Å². The first-order valence-electron chi connectivity index (χ1n) is 6.11. The molecular weight excluding hydrogens is 256 g/mol. The fourth-order valence-corrected chi connectivity index (χ4v) is 1.98. The number of hydrogen-bond donors (Lipinski definition) is 0. The topological polar surface area (TPSA) is 48.7 Å². The maximum absolute atomic E-state index is 11.0. The van der Waals surface area contributed by atoms with Crippen LogP contribution in [0.4, 0.5) is 0 Å². The maximum Gasteiger partial charge on any atom is 0.336 e. The van der Waals surface area contributed by atoms with Crippen LogP contribution < -0.4 is 4.74 Å². The van der Waals surface area contributed by atoms with Gasteiger partial charge in [-0.3, -0.25) is 0 Å². The molecule has 0 spiro atoms. The van der Waals surface area contributed by atoms with Crippen LogP contribution in [0.15, 0.2) is 58.7 Å². The highest BCUT2D eigenvalue weighted by Gasteiger charge is 2.12. The molecule has 3 rings (SSSR count). The van der Waals surface area contributed by atoms with Gasteiger partial charge in [-0.2, -0.15) is 0 Å². The second-order valence-electron chi connectivity index (χ2n) is 4.20. The van der Waals surface area contributed by atoms with Crippen LogP contribution in [0.25, 0.3) is 17.4 Å². The van der Waals surface area contributed by atoms with Gasteiger partial charge in [0, 0.05) is 12.2 Å². The summed E-state index contributed by atoms with van der Waals surface area (Å²) in [6.45, 7) is 0. The summed E-state index contributed by atoms with van der Waals surface area (Å²) in [6.07, 6.45) is 4.64. The summed E-state index contributed by atoms with van der Waals surface area (Å²) in [6, 6.07) is 11.3. The van der Waals surface area contributed by atoms with Crippen LogP contribution in [0.5, 0.6) is 5.75 Å². The lowest BCUT2D eigenvalue weighted by molar-refractivity contribution is -0.132. The predicted molar refractivity (Wildman–Crippen MR) is 73.9 cm³/mol. The number of esters is 1. The molecule has 4 nitrogen and oxygen atoms in total. The van der Waals surface area contributed by atoms with E-state index >= 15 is 0 Å². The first kappa shape index (κ1) is 12.3. The Morgan fingerprint density at radius 2 is 1.95 bits per heavy atom. The molecule has 1 aliphatic heterocycles. The van der Waals surface area contributed by atoms with E-state index in [2.05, 4.69) is 0 Å². The van der Waals surface area contributed by atoms with Crippen molar-refractivity contribution in [3.63, 3.8) is 0 Å². The average molecular weight is 268 g/mol. The molecule has 0 bridgehead atoms. The normalized spacial score (nSPS) is 15.7. The second-order valence-corrected chi connectivity index (χ2v) is 4.20. The van der Waals surface area contributed by atoms with Crippen LogP contribution in [0.2, 0.25) is 0 Å². The lowest BCUT2D eigenvalue weighted by atomic mass is 10.1. The summed E-state index contributed by atoms with van der Waals surface area (Å²) >= 11 is 0. The van der Waals surface area contributed by atoms with Gasteiger partial charge in [0.15, 0.2) is 0 Å². The molecule has 0 atom stereocenters. The molecule has 0 unspecified atom stereocenters. The third kappa shape index (κ3) is 2.36. The van der Waals surface area contributed by atoms with Gasteiger partial charge in [-0.25, -0.2) is 4.79 Å². The Hall–Kier alpha value is -2.75. The number of carbonyl (C=O) groups is 1. The van der Waals surface area contributed by atoms with Crippen molar-refractivity contribution >= 4 is 12.0 Å². The van der Waals surface area contributed by atoms with Gasteiger partial charge in [-0.05, 0) is 30.3 Å². The van der Waals surface area contributed by atoms with Crippen molar-refractivity contribution in [2.45, 2.75) is 0 Å². The minimum Gasteiger partial charge on any atom is -0.496 e. The number of methoxy groups -OCH3 is 1. The Balaban J connectivity index is 1.91. The Morgan fingerprint density at radius 1 is 1.10 bits per heavy atom. The first-order chi connectivity index (χ1) is 9.76. The summed E-state index contributed by atoms with van der Waals surface area (Å²) < 4.78 is 16.0. The smallest absolute Gasteiger partial charge is 0.336 e. The SMILES string of the molecule is COc1ccccc1-c1ccc(/C=C2\C=CC(=O)O2)o1. The molecule has 2 aromatic rings. The van der Waals surface area contributed by atoms with Crippen LogP contribution in [-0.4, -0.2) is 13.1 Å². The zero-order valence-corrected chi connectivity index (χ0v) is 10.8. The number of para-hydroxylation sites is 1. The van der Waals surface area contributed by atoms with Gasteiger partial charge in [0.25, 0.3) is 0 Å². The molecule has 0 amide bonds. The van der Waals surface area contributed by atoms with Crippen molar-refractivity contribution in [2.75, 3.05) is 7.11 Å². The lowest BCUT2D eigenvalue weighted by Gasteiger charge is -2.04. The number of cyclic esters (lactones) is 1. The monoisotopic (exact) mass is 268 g/mol. The van der Waals surface area contributed by atoms with Gasteiger partial charge in [-0.15, -0.1) is 0 Å². The number of rotatable bonds is 3. The summed E-state index contributed by atoms with van der Waals surface area (Å²) in [5, 5.41) is 0. The van der Waals surface area contributed by atoms with Gasteiger partial charge < -0.3 is 13.9 Å². The number of ether oxygens (including phenoxy) is 2. The molecular formula is C16H12O4. The fraction of sp³-hybridized carbons (Fsp3) is 0.0625. The third-order valence-electron chi connectivity index (χ3n) is 2.89. The number of hydrogen-bond acceptors (Lipinski definition) is 4. The number of carbonyl (C=O) groups excluding carboxylic acids is 1. The molecule has 0 N–H and O–H groups in total. The number of benzene rings is 1. The molecule has 100 valence electrons. The van der Waals surface area contributed by atoms with Crippen molar-refractivity contribution in [1.82, 2.24) is 0 Å². The summed E-state index contributed by atoms with van der Waals surface area (Å²) in [5.74, 6) is 2.15. The molecule has 0 saturated heterocycles. The van der Waals surface area contributed by atoms with E-state index in [-0.39, 0.29) is 5.97 Å². The van der Waals surface area contributed by atoms with E-state index in [0.717, 1.165) is 11.3 Å². The fourth-order valence-electron chi connectivity index (χ4n) is 1.98. The molecule has 0 saturated carbocycles. The van der Waals surface area contributed by atoms with Crippen molar-refractivity contribution < 1.29 is 18.7 Å². The molecule has 1 aromatic heterocycles. The molecule has 0 radical (unpaired) electrons. The largest absolute Gasteiger partial charge is 0.496 e. The molecule has 2 heterocycles.